The van der Waals surface area contributed by atoms with E-state index >= 15 is 0 Å². The summed E-state index contributed by atoms with van der Waals surface area (Å²) in [5.74, 6) is -2.58. The summed E-state index contributed by atoms with van der Waals surface area (Å²) in [6, 6.07) is 10.2. The van der Waals surface area contributed by atoms with Gasteiger partial charge in [0.2, 0.25) is 5.91 Å². The lowest BCUT2D eigenvalue weighted by Gasteiger charge is -2.11. The van der Waals surface area contributed by atoms with E-state index in [-0.39, 0.29) is 34.0 Å². The maximum atomic E-state index is 12.3. The number of carboxylic acid groups (broad SMARTS) is 1. The van der Waals surface area contributed by atoms with Crippen molar-refractivity contribution in [3.63, 3.8) is 0 Å². The molecule has 8 heteroatoms. The number of hydrogen-bond donors (Lipinski definition) is 3. The van der Waals surface area contributed by atoms with Crippen molar-refractivity contribution in [1.82, 2.24) is 0 Å². The minimum atomic E-state index is -1.22. The zero-order chi connectivity index (χ0) is 19.3. The molecule has 0 heterocycles. The summed E-state index contributed by atoms with van der Waals surface area (Å²) in [7, 11) is 0. The number of benzene rings is 2. The SMILES string of the molecule is CC(=O)CC(=O)Nc1ccc(NC(=O)c2ccccc2C(=O)O)c(Cl)c1. The Balaban J connectivity index is 2.16. The summed E-state index contributed by atoms with van der Waals surface area (Å²) in [6.45, 7) is 1.31. The van der Waals surface area contributed by atoms with Crippen LogP contribution in [0.15, 0.2) is 42.5 Å². The molecule has 0 aliphatic carbocycles. The van der Waals surface area contributed by atoms with Gasteiger partial charge in [-0.05, 0) is 37.3 Å². The van der Waals surface area contributed by atoms with E-state index in [4.69, 9.17) is 16.7 Å². The van der Waals surface area contributed by atoms with Gasteiger partial charge in [0.05, 0.1) is 28.3 Å². The molecule has 0 atom stereocenters. The molecule has 7 nitrogen and oxygen atoms in total. The van der Waals surface area contributed by atoms with Crippen LogP contribution in [-0.2, 0) is 9.59 Å². The third kappa shape index (κ3) is 4.90. The summed E-state index contributed by atoms with van der Waals surface area (Å²) in [4.78, 5) is 46.0. The van der Waals surface area contributed by atoms with Crippen LogP contribution in [0.1, 0.15) is 34.1 Å². The molecule has 0 saturated heterocycles. The Morgan fingerprint density at radius 2 is 1.65 bits per heavy atom. The molecule has 2 aromatic carbocycles. The number of nitrogens with one attached hydrogen (secondary N) is 2. The highest BCUT2D eigenvalue weighted by Gasteiger charge is 2.17. The molecule has 2 amide bonds. The van der Waals surface area contributed by atoms with E-state index in [9.17, 15) is 19.2 Å². The van der Waals surface area contributed by atoms with Crippen LogP contribution in [0.2, 0.25) is 5.02 Å². The van der Waals surface area contributed by atoms with Crippen molar-refractivity contribution >= 4 is 46.5 Å². The normalized spacial score (nSPS) is 10.1. The van der Waals surface area contributed by atoms with Gasteiger partial charge >= 0.3 is 5.97 Å². The number of amides is 2. The first kappa shape index (κ1) is 19.1. The van der Waals surface area contributed by atoms with E-state index in [1.54, 1.807) is 6.07 Å². The molecule has 2 aromatic rings. The fraction of sp³-hybridized carbons (Fsp3) is 0.111. The fourth-order valence-corrected chi connectivity index (χ4v) is 2.41. The summed E-state index contributed by atoms with van der Waals surface area (Å²) in [5, 5.41) is 14.3. The van der Waals surface area contributed by atoms with E-state index in [2.05, 4.69) is 10.6 Å². The molecule has 3 N–H and O–H groups in total. The second kappa shape index (κ2) is 8.26. The van der Waals surface area contributed by atoms with Crippen LogP contribution in [0.3, 0.4) is 0 Å². The molecule has 26 heavy (non-hydrogen) atoms. The Hall–Kier alpha value is -3.19. The smallest absolute Gasteiger partial charge is 0.336 e. The van der Waals surface area contributed by atoms with Crippen LogP contribution in [0, 0.1) is 0 Å². The van der Waals surface area contributed by atoms with Crippen LogP contribution in [-0.4, -0.2) is 28.7 Å². The van der Waals surface area contributed by atoms with Gasteiger partial charge in [0, 0.05) is 5.69 Å². The average molecular weight is 375 g/mol. The zero-order valence-electron chi connectivity index (χ0n) is 13.7. The van der Waals surface area contributed by atoms with Crippen molar-refractivity contribution < 1.29 is 24.3 Å². The number of carbonyl (C=O) groups is 4. The number of hydrogen-bond acceptors (Lipinski definition) is 4. The first-order valence-corrected chi connectivity index (χ1v) is 7.88. The number of halogens is 1. The molecule has 0 aromatic heterocycles. The molecule has 0 radical (unpaired) electrons. The summed E-state index contributed by atoms with van der Waals surface area (Å²) in [6.07, 6.45) is -0.248. The number of ketones is 1. The van der Waals surface area contributed by atoms with Gasteiger partial charge in [-0.2, -0.15) is 0 Å². The van der Waals surface area contributed by atoms with Crippen LogP contribution < -0.4 is 10.6 Å². The Bertz CT molecular complexity index is 895. The highest BCUT2D eigenvalue weighted by atomic mass is 35.5. The molecular weight excluding hydrogens is 360 g/mol. The molecular formula is C18H15ClN2O5. The molecule has 134 valence electrons. The van der Waals surface area contributed by atoms with Gasteiger partial charge in [0.25, 0.3) is 5.91 Å². The summed E-state index contributed by atoms with van der Waals surface area (Å²) < 4.78 is 0. The molecule has 0 saturated carbocycles. The maximum Gasteiger partial charge on any atom is 0.336 e. The molecule has 0 aliphatic rings. The molecule has 0 aliphatic heterocycles. The summed E-state index contributed by atoms with van der Waals surface area (Å²) >= 11 is 6.10. The van der Waals surface area contributed by atoms with Gasteiger partial charge in [0.1, 0.15) is 5.78 Å². The second-order valence-electron chi connectivity index (χ2n) is 5.43. The van der Waals surface area contributed by atoms with E-state index in [1.165, 1.54) is 43.3 Å². The third-order valence-corrected chi connectivity index (χ3v) is 3.63. The third-order valence-electron chi connectivity index (χ3n) is 3.31. The van der Waals surface area contributed by atoms with Crippen LogP contribution >= 0.6 is 11.6 Å². The van der Waals surface area contributed by atoms with Gasteiger partial charge in [0.15, 0.2) is 0 Å². The Morgan fingerprint density at radius 1 is 1.00 bits per heavy atom. The molecule has 0 fully saturated rings. The van der Waals surface area contributed by atoms with Gasteiger partial charge in [-0.3, -0.25) is 14.4 Å². The largest absolute Gasteiger partial charge is 0.478 e. The van der Waals surface area contributed by atoms with Crippen molar-refractivity contribution in [3.8, 4) is 0 Å². The van der Waals surface area contributed by atoms with Crippen molar-refractivity contribution in [1.29, 1.82) is 0 Å². The number of carbonyl (C=O) groups excluding carboxylic acids is 3. The van der Waals surface area contributed by atoms with Crippen LogP contribution in [0.4, 0.5) is 11.4 Å². The fourth-order valence-electron chi connectivity index (χ4n) is 2.18. The monoisotopic (exact) mass is 374 g/mol. The first-order chi connectivity index (χ1) is 12.3. The van der Waals surface area contributed by atoms with Crippen molar-refractivity contribution in [2.45, 2.75) is 13.3 Å². The van der Waals surface area contributed by atoms with E-state index < -0.39 is 17.8 Å². The lowest BCUT2D eigenvalue weighted by Crippen LogP contribution is -2.17. The summed E-state index contributed by atoms with van der Waals surface area (Å²) in [5.41, 5.74) is 0.482. The second-order valence-corrected chi connectivity index (χ2v) is 5.83. The number of Topliss-reactive ketones (excluding diaryl/α,β-unsaturated/α-hetero) is 1. The standard InChI is InChI=1S/C18H15ClN2O5/c1-10(22)8-16(23)20-11-6-7-15(14(19)9-11)21-17(24)12-4-2-3-5-13(12)18(25)26/h2-7,9H,8H2,1H3,(H,20,23)(H,21,24)(H,25,26). The zero-order valence-corrected chi connectivity index (χ0v) is 14.5. The van der Waals surface area contributed by atoms with Crippen molar-refractivity contribution in [2.75, 3.05) is 10.6 Å². The number of rotatable bonds is 6. The van der Waals surface area contributed by atoms with Crippen molar-refractivity contribution in [3.05, 3.63) is 58.6 Å². The number of aromatic carboxylic acids is 1. The quantitative estimate of drug-likeness (QED) is 0.672. The first-order valence-electron chi connectivity index (χ1n) is 7.50. The minimum absolute atomic E-state index is 0.00472. The molecule has 0 bridgehead atoms. The topological polar surface area (TPSA) is 113 Å². The van der Waals surface area contributed by atoms with E-state index in [0.29, 0.717) is 5.69 Å². The van der Waals surface area contributed by atoms with Crippen LogP contribution in [0.25, 0.3) is 0 Å². The van der Waals surface area contributed by atoms with Gasteiger partial charge in [-0.1, -0.05) is 23.7 Å². The Morgan fingerprint density at radius 3 is 2.23 bits per heavy atom. The highest BCUT2D eigenvalue weighted by Crippen LogP contribution is 2.26. The van der Waals surface area contributed by atoms with Gasteiger partial charge in [-0.25, -0.2) is 4.79 Å². The number of carboxylic acids is 1. The molecule has 0 unspecified atom stereocenters. The van der Waals surface area contributed by atoms with Gasteiger partial charge in [-0.15, -0.1) is 0 Å². The van der Waals surface area contributed by atoms with E-state index in [0.717, 1.165) is 0 Å². The predicted molar refractivity (Wildman–Crippen MR) is 96.7 cm³/mol. The average Bonchev–Trinajstić information content (AvgIpc) is 2.56. The van der Waals surface area contributed by atoms with Crippen molar-refractivity contribution in [2.24, 2.45) is 0 Å². The predicted octanol–water partition coefficient (Wildman–Crippen LogP) is 3.21. The van der Waals surface area contributed by atoms with E-state index in [1.807, 2.05) is 0 Å². The molecule has 2 rings (SSSR count). The highest BCUT2D eigenvalue weighted by molar-refractivity contribution is 6.34. The number of anilines is 2. The van der Waals surface area contributed by atoms with Gasteiger partial charge < -0.3 is 15.7 Å². The Labute approximate surface area is 154 Å². The maximum absolute atomic E-state index is 12.3. The lowest BCUT2D eigenvalue weighted by molar-refractivity contribution is -0.124. The lowest BCUT2D eigenvalue weighted by atomic mass is 10.1. The minimum Gasteiger partial charge on any atom is -0.478 e. The Kier molecular flexibility index (Phi) is 6.08. The van der Waals surface area contributed by atoms with Crippen LogP contribution in [0.5, 0.6) is 0 Å². The molecule has 0 spiro atoms.